The van der Waals surface area contributed by atoms with E-state index in [2.05, 4.69) is 21.1 Å². The van der Waals surface area contributed by atoms with Gasteiger partial charge in [0.15, 0.2) is 0 Å². The predicted octanol–water partition coefficient (Wildman–Crippen LogP) is 0.288. The lowest BCUT2D eigenvalue weighted by Gasteiger charge is -2.23. The Balaban J connectivity index is 0. The number of unbranched alkanes of at least 4 members (excludes halogenated alkanes) is 1. The van der Waals surface area contributed by atoms with Crippen molar-refractivity contribution >= 4 is 0 Å². The molecule has 0 bridgehead atoms. The lowest BCUT2D eigenvalue weighted by molar-refractivity contribution is -0.870. The summed E-state index contributed by atoms with van der Waals surface area (Å²) in [6, 6.07) is 0. The van der Waals surface area contributed by atoms with Gasteiger partial charge in [0, 0.05) is 6.61 Å². The van der Waals surface area contributed by atoms with Gasteiger partial charge in [-0.3, -0.25) is 0 Å². The minimum atomic E-state index is 0. The summed E-state index contributed by atoms with van der Waals surface area (Å²) in [5.74, 6) is 0. The standard InChI is InChI=1S/C7H18NO.H2O/c1-8(2,3)6-4-5-7-9;/h9H,4-7H2,1-3H3;1H2/q+1;/p-1. The molecule has 0 aliphatic carbocycles. The molecule has 3 heteroatoms. The molecule has 0 atom stereocenters. The van der Waals surface area contributed by atoms with E-state index in [-0.39, 0.29) is 5.48 Å². The monoisotopic (exact) mass is 149 g/mol. The summed E-state index contributed by atoms with van der Waals surface area (Å²) >= 11 is 0. The van der Waals surface area contributed by atoms with Gasteiger partial charge in [0.25, 0.3) is 0 Å². The Morgan fingerprint density at radius 1 is 1.10 bits per heavy atom. The molecule has 0 aromatic rings. The summed E-state index contributed by atoms with van der Waals surface area (Å²) < 4.78 is 1.00. The normalized spacial score (nSPS) is 10.8. The first-order valence-electron chi connectivity index (χ1n) is 3.47. The van der Waals surface area contributed by atoms with E-state index in [4.69, 9.17) is 5.11 Å². The Morgan fingerprint density at radius 3 is 1.90 bits per heavy atom. The summed E-state index contributed by atoms with van der Waals surface area (Å²) in [4.78, 5) is 0. The van der Waals surface area contributed by atoms with E-state index in [1.54, 1.807) is 0 Å². The molecule has 0 aliphatic heterocycles. The van der Waals surface area contributed by atoms with Crippen LogP contribution in [0.5, 0.6) is 0 Å². The van der Waals surface area contributed by atoms with Gasteiger partial charge >= 0.3 is 0 Å². The quantitative estimate of drug-likeness (QED) is 0.461. The van der Waals surface area contributed by atoms with Gasteiger partial charge in [-0.15, -0.1) is 0 Å². The summed E-state index contributed by atoms with van der Waals surface area (Å²) in [6.45, 7) is 1.49. The molecule has 64 valence electrons. The third-order valence-corrected chi connectivity index (χ3v) is 1.24. The molecule has 0 unspecified atom stereocenters. The fourth-order valence-corrected chi connectivity index (χ4v) is 0.698. The first-order chi connectivity index (χ1) is 4.06. The van der Waals surface area contributed by atoms with Crippen molar-refractivity contribution in [2.75, 3.05) is 34.3 Å². The molecule has 0 radical (unpaired) electrons. The minimum absolute atomic E-state index is 0. The van der Waals surface area contributed by atoms with Crippen LogP contribution in [-0.2, 0) is 0 Å². The van der Waals surface area contributed by atoms with E-state index in [1.165, 1.54) is 0 Å². The van der Waals surface area contributed by atoms with E-state index < -0.39 is 0 Å². The van der Waals surface area contributed by atoms with Gasteiger partial charge in [-0.05, 0) is 12.8 Å². The number of nitrogens with zero attached hydrogens (tertiary/aromatic N) is 1. The second kappa shape index (κ2) is 5.65. The van der Waals surface area contributed by atoms with Gasteiger partial charge in [-0.1, -0.05) is 0 Å². The van der Waals surface area contributed by atoms with Crippen LogP contribution in [0.1, 0.15) is 12.8 Å². The van der Waals surface area contributed by atoms with Crippen LogP contribution in [0.4, 0.5) is 0 Å². The summed E-state index contributed by atoms with van der Waals surface area (Å²) in [7, 11) is 6.49. The number of hydrogen-bond donors (Lipinski definition) is 1. The van der Waals surface area contributed by atoms with Crippen molar-refractivity contribution in [3.8, 4) is 0 Å². The Bertz CT molecular complexity index is 68.5. The third kappa shape index (κ3) is 10.8. The van der Waals surface area contributed by atoms with Crippen LogP contribution in [0, 0.1) is 0 Å². The lowest BCUT2D eigenvalue weighted by atomic mass is 10.3. The summed E-state index contributed by atoms with van der Waals surface area (Å²) in [5, 5.41) is 8.46. The molecule has 0 heterocycles. The highest BCUT2D eigenvalue weighted by molar-refractivity contribution is 4.34. The van der Waals surface area contributed by atoms with Gasteiger partial charge in [-0.2, -0.15) is 0 Å². The molecule has 10 heavy (non-hydrogen) atoms. The van der Waals surface area contributed by atoms with Crippen LogP contribution in [0.2, 0.25) is 0 Å². The van der Waals surface area contributed by atoms with Crippen LogP contribution in [0.15, 0.2) is 0 Å². The predicted molar refractivity (Wildman–Crippen MR) is 41.2 cm³/mol. The Morgan fingerprint density at radius 2 is 1.60 bits per heavy atom. The SMILES string of the molecule is C[N+](C)(C)CCCCO.[OH-]. The molecule has 0 spiro atoms. The summed E-state index contributed by atoms with van der Waals surface area (Å²) in [5.41, 5.74) is 0. The second-order valence-corrected chi connectivity index (χ2v) is 3.44. The Kier molecular flexibility index (Phi) is 7.09. The highest BCUT2D eigenvalue weighted by Gasteiger charge is 2.04. The fraction of sp³-hybridized carbons (Fsp3) is 1.00. The number of aliphatic hydroxyl groups excluding tert-OH is 1. The van der Waals surface area contributed by atoms with Crippen LogP contribution in [0.3, 0.4) is 0 Å². The maximum atomic E-state index is 8.46. The average molecular weight is 149 g/mol. The van der Waals surface area contributed by atoms with Crippen LogP contribution in [-0.4, -0.2) is 49.4 Å². The van der Waals surface area contributed by atoms with E-state index in [0.717, 1.165) is 23.9 Å². The molecule has 3 nitrogen and oxygen atoms in total. The molecule has 0 aromatic carbocycles. The van der Waals surface area contributed by atoms with Crippen LogP contribution < -0.4 is 0 Å². The van der Waals surface area contributed by atoms with Gasteiger partial charge in [0.05, 0.1) is 27.7 Å². The van der Waals surface area contributed by atoms with Crippen LogP contribution in [0.25, 0.3) is 0 Å². The van der Waals surface area contributed by atoms with Gasteiger partial charge in [0.2, 0.25) is 0 Å². The summed E-state index contributed by atoms with van der Waals surface area (Å²) in [6.07, 6.45) is 2.06. The van der Waals surface area contributed by atoms with Crippen molar-refractivity contribution in [3.05, 3.63) is 0 Å². The van der Waals surface area contributed by atoms with Crippen molar-refractivity contribution < 1.29 is 15.1 Å². The number of hydrogen-bond acceptors (Lipinski definition) is 2. The Labute approximate surface area is 63.2 Å². The molecular weight excluding hydrogens is 130 g/mol. The third-order valence-electron chi connectivity index (χ3n) is 1.24. The topological polar surface area (TPSA) is 50.2 Å². The Hall–Kier alpha value is -0.120. The van der Waals surface area contributed by atoms with Crippen molar-refractivity contribution in [1.29, 1.82) is 0 Å². The molecule has 0 amide bonds. The zero-order chi connectivity index (χ0) is 7.33. The largest absolute Gasteiger partial charge is 0.870 e. The zero-order valence-corrected chi connectivity index (χ0v) is 7.17. The molecule has 0 saturated heterocycles. The molecule has 0 rings (SSSR count). The molecule has 0 aromatic heterocycles. The van der Waals surface area contributed by atoms with Crippen molar-refractivity contribution in [2.24, 2.45) is 0 Å². The van der Waals surface area contributed by atoms with Crippen molar-refractivity contribution in [3.63, 3.8) is 0 Å². The minimum Gasteiger partial charge on any atom is -0.870 e. The van der Waals surface area contributed by atoms with Crippen LogP contribution >= 0.6 is 0 Å². The zero-order valence-electron chi connectivity index (χ0n) is 7.17. The molecular formula is C7H19NO2. The average Bonchev–Trinajstić information content (AvgIpc) is 1.63. The maximum Gasteiger partial charge on any atom is 0.0781 e. The first kappa shape index (κ1) is 12.5. The maximum absolute atomic E-state index is 8.46. The molecule has 0 fully saturated rings. The number of quaternary nitrogens is 1. The fourth-order valence-electron chi connectivity index (χ4n) is 0.698. The van der Waals surface area contributed by atoms with Crippen molar-refractivity contribution in [1.82, 2.24) is 0 Å². The van der Waals surface area contributed by atoms with E-state index in [1.807, 2.05) is 0 Å². The molecule has 0 saturated carbocycles. The highest BCUT2D eigenvalue weighted by Crippen LogP contribution is 1.95. The molecule has 0 aliphatic rings. The van der Waals surface area contributed by atoms with E-state index in [9.17, 15) is 0 Å². The second-order valence-electron chi connectivity index (χ2n) is 3.44. The highest BCUT2D eigenvalue weighted by atomic mass is 16.2. The van der Waals surface area contributed by atoms with E-state index >= 15 is 0 Å². The van der Waals surface area contributed by atoms with Gasteiger partial charge in [0.1, 0.15) is 0 Å². The van der Waals surface area contributed by atoms with Gasteiger partial charge < -0.3 is 15.1 Å². The first-order valence-corrected chi connectivity index (χ1v) is 3.47. The molecule has 2 N–H and O–H groups in total. The van der Waals surface area contributed by atoms with E-state index in [0.29, 0.717) is 6.61 Å². The van der Waals surface area contributed by atoms with Gasteiger partial charge in [-0.25, -0.2) is 0 Å². The number of rotatable bonds is 4. The van der Waals surface area contributed by atoms with Crippen molar-refractivity contribution in [2.45, 2.75) is 12.8 Å². The lowest BCUT2D eigenvalue weighted by Crippen LogP contribution is -2.35. The number of aliphatic hydroxyl groups is 1. The smallest absolute Gasteiger partial charge is 0.0781 e.